The number of amides is 1. The summed E-state index contributed by atoms with van der Waals surface area (Å²) < 4.78 is 47.8. The van der Waals surface area contributed by atoms with Crippen molar-refractivity contribution >= 4 is 33.5 Å². The van der Waals surface area contributed by atoms with Gasteiger partial charge in [0.25, 0.3) is 0 Å². The number of ether oxygens (including phenoxy) is 1. The Morgan fingerprint density at radius 2 is 2.08 bits per heavy atom. The minimum atomic E-state index is -4.70. The van der Waals surface area contributed by atoms with Crippen LogP contribution in [0.5, 0.6) is 0 Å². The number of aromatic nitrogens is 4. The maximum atomic E-state index is 13.1. The van der Waals surface area contributed by atoms with Crippen LogP contribution in [-0.2, 0) is 29.2 Å². The van der Waals surface area contributed by atoms with Crippen LogP contribution in [0.25, 0.3) is 21.9 Å². The van der Waals surface area contributed by atoms with E-state index < -0.39 is 23.2 Å². The molecular formula is C26H23F3N6O3. The molecule has 2 atom stereocenters. The molecule has 4 aromatic rings. The van der Waals surface area contributed by atoms with Crippen LogP contribution < -0.4 is 10.7 Å². The average Bonchev–Trinajstić information content (AvgIpc) is 3.23. The number of rotatable bonds is 4. The number of hydrogen-bond donors (Lipinski definition) is 1. The summed E-state index contributed by atoms with van der Waals surface area (Å²) in [6.45, 7) is 2.48. The van der Waals surface area contributed by atoms with Crippen molar-refractivity contribution in [3.05, 3.63) is 64.0 Å². The molecule has 5 rings (SSSR count). The molecule has 0 radical (unpaired) electrons. The fourth-order valence-corrected chi connectivity index (χ4v) is 4.97. The van der Waals surface area contributed by atoms with Crippen molar-refractivity contribution in [2.45, 2.75) is 44.5 Å². The quantitative estimate of drug-likeness (QED) is 0.430. The Kier molecular flexibility index (Phi) is 6.40. The predicted molar refractivity (Wildman–Crippen MR) is 132 cm³/mol. The smallest absolute Gasteiger partial charge is 0.378 e. The van der Waals surface area contributed by atoms with E-state index in [-0.39, 0.29) is 24.3 Å². The Morgan fingerprint density at radius 3 is 2.79 bits per heavy atom. The predicted octanol–water partition coefficient (Wildman–Crippen LogP) is 4.09. The molecular weight excluding hydrogens is 501 g/mol. The Morgan fingerprint density at radius 1 is 1.29 bits per heavy atom. The van der Waals surface area contributed by atoms with E-state index in [9.17, 15) is 28.0 Å². The number of imidazole rings is 1. The SMILES string of the molecule is C[C@@H]1C[C@H](n2c(CC(=O)Nc3cn(C)c(C(F)(F)F)cc3=O)nc3cnc4ccc(C#N)cc4c32)CCO1. The number of pyridine rings is 2. The molecule has 1 aliphatic rings. The van der Waals surface area contributed by atoms with Gasteiger partial charge in [-0.25, -0.2) is 4.98 Å². The van der Waals surface area contributed by atoms with Crippen molar-refractivity contribution in [1.82, 2.24) is 19.1 Å². The molecule has 1 N–H and O–H groups in total. The summed E-state index contributed by atoms with van der Waals surface area (Å²) >= 11 is 0. The molecule has 1 aromatic carbocycles. The second-order valence-corrected chi connectivity index (χ2v) is 9.36. The molecule has 1 saturated heterocycles. The first-order valence-corrected chi connectivity index (χ1v) is 11.9. The van der Waals surface area contributed by atoms with Gasteiger partial charge in [0.1, 0.15) is 22.7 Å². The van der Waals surface area contributed by atoms with Crippen LogP contribution in [0.4, 0.5) is 18.9 Å². The van der Waals surface area contributed by atoms with Gasteiger partial charge in [-0.2, -0.15) is 18.4 Å². The van der Waals surface area contributed by atoms with Crippen molar-refractivity contribution < 1.29 is 22.7 Å². The molecule has 0 saturated carbocycles. The number of halogens is 3. The minimum Gasteiger partial charge on any atom is -0.378 e. The second kappa shape index (κ2) is 9.57. The summed E-state index contributed by atoms with van der Waals surface area (Å²) in [4.78, 5) is 34.5. The van der Waals surface area contributed by atoms with Gasteiger partial charge in [-0.3, -0.25) is 14.6 Å². The van der Waals surface area contributed by atoms with Crippen molar-refractivity contribution in [3.8, 4) is 6.07 Å². The lowest BCUT2D eigenvalue weighted by Crippen LogP contribution is -2.28. The van der Waals surface area contributed by atoms with Gasteiger partial charge in [0.15, 0.2) is 0 Å². The van der Waals surface area contributed by atoms with Crippen LogP contribution in [-0.4, -0.2) is 37.7 Å². The average molecular weight is 525 g/mol. The number of carbonyl (C=O) groups is 1. The summed E-state index contributed by atoms with van der Waals surface area (Å²) in [6, 6.07) is 7.71. The van der Waals surface area contributed by atoms with Gasteiger partial charge < -0.3 is 19.2 Å². The topological polar surface area (TPSA) is 115 Å². The maximum Gasteiger partial charge on any atom is 0.431 e. The van der Waals surface area contributed by atoms with E-state index in [1.54, 1.807) is 24.4 Å². The van der Waals surface area contributed by atoms with Crippen molar-refractivity contribution in [1.29, 1.82) is 5.26 Å². The standard InChI is InChI=1S/C26H23F3N6O3/c1-14-7-16(5-6-38-14)35-23(32-19-12-31-18-4-3-15(11-30)8-17(18)25(19)35)10-24(37)33-20-13-34(2)22(9-21(20)36)26(27,28)29/h3-4,8-9,12-14,16H,5-7,10H2,1-2H3,(H,33,37)/t14-,16-/m1/s1. The van der Waals surface area contributed by atoms with Gasteiger partial charge in [-0.15, -0.1) is 0 Å². The highest BCUT2D eigenvalue weighted by Crippen LogP contribution is 2.34. The van der Waals surface area contributed by atoms with Gasteiger partial charge in [0.05, 0.1) is 41.4 Å². The van der Waals surface area contributed by atoms with Crippen molar-refractivity contribution in [2.24, 2.45) is 7.05 Å². The number of benzene rings is 1. The molecule has 12 heteroatoms. The molecule has 196 valence electrons. The van der Waals surface area contributed by atoms with Crippen molar-refractivity contribution in [2.75, 3.05) is 11.9 Å². The summed E-state index contributed by atoms with van der Waals surface area (Å²) in [5, 5.41) is 12.6. The Bertz CT molecular complexity index is 1670. The van der Waals surface area contributed by atoms with E-state index in [1.165, 1.54) is 0 Å². The summed E-state index contributed by atoms with van der Waals surface area (Å²) in [5.41, 5.74) is 0.0687. The second-order valence-electron chi connectivity index (χ2n) is 9.36. The van der Waals surface area contributed by atoms with Crippen molar-refractivity contribution in [3.63, 3.8) is 0 Å². The molecule has 38 heavy (non-hydrogen) atoms. The highest BCUT2D eigenvalue weighted by atomic mass is 19.4. The molecule has 3 aromatic heterocycles. The van der Waals surface area contributed by atoms with Crippen LogP contribution >= 0.6 is 0 Å². The molecule has 0 spiro atoms. The zero-order chi connectivity index (χ0) is 27.2. The molecule has 1 fully saturated rings. The number of alkyl halides is 3. The van der Waals surface area contributed by atoms with E-state index >= 15 is 0 Å². The molecule has 9 nitrogen and oxygen atoms in total. The number of nitrogens with one attached hydrogen (secondary N) is 1. The minimum absolute atomic E-state index is 0.0224. The van der Waals surface area contributed by atoms with E-state index in [1.807, 2.05) is 11.5 Å². The first kappa shape index (κ1) is 25.4. The Balaban J connectivity index is 1.56. The zero-order valence-corrected chi connectivity index (χ0v) is 20.5. The largest absolute Gasteiger partial charge is 0.431 e. The highest BCUT2D eigenvalue weighted by molar-refractivity contribution is 6.03. The van der Waals surface area contributed by atoms with E-state index in [4.69, 9.17) is 4.74 Å². The van der Waals surface area contributed by atoms with E-state index in [0.29, 0.717) is 47.9 Å². The molecule has 0 bridgehead atoms. The fraction of sp³-hybridized carbons (Fsp3) is 0.346. The van der Waals surface area contributed by atoms with Crippen LogP contribution in [0.2, 0.25) is 0 Å². The molecule has 1 aliphatic heterocycles. The monoisotopic (exact) mass is 524 g/mol. The molecule has 1 amide bonds. The van der Waals surface area contributed by atoms with Crippen LogP contribution in [0.3, 0.4) is 0 Å². The summed E-state index contributed by atoms with van der Waals surface area (Å²) in [7, 11) is 1.15. The lowest BCUT2D eigenvalue weighted by Gasteiger charge is -2.30. The molecule has 0 unspecified atom stereocenters. The lowest BCUT2D eigenvalue weighted by atomic mass is 10.0. The third-order valence-electron chi connectivity index (χ3n) is 6.66. The van der Waals surface area contributed by atoms with Crippen LogP contribution in [0, 0.1) is 11.3 Å². The number of anilines is 1. The number of fused-ring (bicyclic) bond motifs is 3. The number of aryl methyl sites for hydroxylation is 1. The normalized spacial score (nSPS) is 18.0. The number of nitrogens with zero attached hydrogens (tertiary/aromatic N) is 5. The Hall–Kier alpha value is -4.24. The van der Waals surface area contributed by atoms with Gasteiger partial charge in [-0.1, -0.05) is 0 Å². The summed E-state index contributed by atoms with van der Waals surface area (Å²) in [5.74, 6) is -0.189. The number of nitriles is 1. The highest BCUT2D eigenvalue weighted by Gasteiger charge is 2.34. The van der Waals surface area contributed by atoms with Gasteiger partial charge in [0.2, 0.25) is 11.3 Å². The molecule has 0 aliphatic carbocycles. The van der Waals surface area contributed by atoms with Gasteiger partial charge in [0, 0.05) is 37.3 Å². The van der Waals surface area contributed by atoms with E-state index in [0.717, 1.165) is 28.7 Å². The fourth-order valence-electron chi connectivity index (χ4n) is 4.97. The number of hydrogen-bond acceptors (Lipinski definition) is 6. The van der Waals surface area contributed by atoms with Crippen LogP contribution in [0.15, 0.2) is 41.5 Å². The third-order valence-corrected chi connectivity index (χ3v) is 6.66. The van der Waals surface area contributed by atoms with Gasteiger partial charge in [-0.05, 0) is 38.0 Å². The third kappa shape index (κ3) is 4.72. The lowest BCUT2D eigenvalue weighted by molar-refractivity contribution is -0.143. The zero-order valence-electron chi connectivity index (χ0n) is 20.5. The maximum absolute atomic E-state index is 13.1. The summed E-state index contributed by atoms with van der Waals surface area (Å²) in [6.07, 6.45) is -1.06. The first-order chi connectivity index (χ1) is 18.0. The van der Waals surface area contributed by atoms with Gasteiger partial charge >= 0.3 is 6.18 Å². The van der Waals surface area contributed by atoms with E-state index in [2.05, 4.69) is 21.4 Å². The first-order valence-electron chi connectivity index (χ1n) is 11.9. The Labute approximate surface area is 214 Å². The van der Waals surface area contributed by atoms with Crippen LogP contribution in [0.1, 0.15) is 42.9 Å². The number of carbonyl (C=O) groups excluding carboxylic acids is 1. The molecule has 4 heterocycles.